The van der Waals surface area contributed by atoms with Gasteiger partial charge in [0.05, 0.1) is 4.47 Å². The summed E-state index contributed by atoms with van der Waals surface area (Å²) in [6.07, 6.45) is 3.74. The van der Waals surface area contributed by atoms with E-state index in [4.69, 9.17) is 0 Å². The minimum Gasteiger partial charge on any atom is -0.367 e. The number of nitrogens with zero attached hydrogens (tertiary/aromatic N) is 2. The standard InChI is InChI=1S/C11H16BrN5O/c1-13-11-16-6-8(12)9(17-11)14-4-5-15-10(18)7-2-3-7/h6-7H,2-5H2,1H3,(H,15,18)(H2,13,14,16,17). The van der Waals surface area contributed by atoms with Crippen molar-refractivity contribution in [1.29, 1.82) is 0 Å². The highest BCUT2D eigenvalue weighted by Gasteiger charge is 2.28. The molecular formula is C11H16BrN5O. The van der Waals surface area contributed by atoms with Crippen molar-refractivity contribution >= 4 is 33.6 Å². The predicted molar refractivity (Wildman–Crippen MR) is 73.5 cm³/mol. The van der Waals surface area contributed by atoms with Gasteiger partial charge < -0.3 is 16.0 Å². The SMILES string of the molecule is CNc1ncc(Br)c(NCCNC(=O)C2CC2)n1. The second-order valence-corrected chi connectivity index (χ2v) is 4.99. The van der Waals surface area contributed by atoms with Crippen molar-refractivity contribution in [2.75, 3.05) is 30.8 Å². The summed E-state index contributed by atoms with van der Waals surface area (Å²) < 4.78 is 0.801. The fraction of sp³-hybridized carbons (Fsp3) is 0.545. The van der Waals surface area contributed by atoms with Crippen LogP contribution in [0.2, 0.25) is 0 Å². The van der Waals surface area contributed by atoms with Crippen LogP contribution >= 0.6 is 15.9 Å². The lowest BCUT2D eigenvalue weighted by molar-refractivity contribution is -0.122. The lowest BCUT2D eigenvalue weighted by atomic mass is 10.4. The Morgan fingerprint density at radius 3 is 2.94 bits per heavy atom. The highest BCUT2D eigenvalue weighted by atomic mass is 79.9. The Balaban J connectivity index is 1.76. The molecular weight excluding hydrogens is 298 g/mol. The van der Waals surface area contributed by atoms with Gasteiger partial charge in [0.15, 0.2) is 0 Å². The van der Waals surface area contributed by atoms with Gasteiger partial charge in [-0.25, -0.2) is 4.98 Å². The molecule has 1 aliphatic rings. The molecule has 3 N–H and O–H groups in total. The molecule has 1 aromatic heterocycles. The van der Waals surface area contributed by atoms with Crippen molar-refractivity contribution in [2.45, 2.75) is 12.8 Å². The van der Waals surface area contributed by atoms with Crippen LogP contribution in [0.1, 0.15) is 12.8 Å². The molecule has 2 rings (SSSR count). The van der Waals surface area contributed by atoms with Crippen molar-refractivity contribution < 1.29 is 4.79 Å². The van der Waals surface area contributed by atoms with Gasteiger partial charge >= 0.3 is 0 Å². The van der Waals surface area contributed by atoms with E-state index in [2.05, 4.69) is 41.8 Å². The molecule has 6 nitrogen and oxygen atoms in total. The van der Waals surface area contributed by atoms with E-state index in [1.165, 1.54) is 0 Å². The molecule has 0 atom stereocenters. The Morgan fingerprint density at radius 1 is 1.50 bits per heavy atom. The Labute approximate surface area is 114 Å². The van der Waals surface area contributed by atoms with Gasteiger partial charge in [-0.1, -0.05) is 0 Å². The summed E-state index contributed by atoms with van der Waals surface area (Å²) in [4.78, 5) is 19.7. The number of rotatable bonds is 6. The summed E-state index contributed by atoms with van der Waals surface area (Å²) in [6.45, 7) is 1.23. The summed E-state index contributed by atoms with van der Waals surface area (Å²) in [6, 6.07) is 0. The molecule has 1 saturated carbocycles. The molecule has 0 spiro atoms. The molecule has 1 heterocycles. The van der Waals surface area contributed by atoms with Crippen molar-refractivity contribution in [1.82, 2.24) is 15.3 Å². The van der Waals surface area contributed by atoms with E-state index in [9.17, 15) is 4.79 Å². The molecule has 18 heavy (non-hydrogen) atoms. The molecule has 0 aliphatic heterocycles. The van der Waals surface area contributed by atoms with Gasteiger partial charge in [-0.3, -0.25) is 4.79 Å². The van der Waals surface area contributed by atoms with E-state index >= 15 is 0 Å². The Bertz CT molecular complexity index is 435. The first-order chi connectivity index (χ1) is 8.70. The average Bonchev–Trinajstić information content (AvgIpc) is 3.20. The monoisotopic (exact) mass is 313 g/mol. The van der Waals surface area contributed by atoms with Crippen LogP contribution in [0.15, 0.2) is 10.7 Å². The quantitative estimate of drug-likeness (QED) is 0.688. The first-order valence-corrected chi connectivity index (χ1v) is 6.72. The molecule has 0 radical (unpaired) electrons. The van der Waals surface area contributed by atoms with Crippen LogP contribution in [0.5, 0.6) is 0 Å². The van der Waals surface area contributed by atoms with E-state index in [0.717, 1.165) is 23.1 Å². The maximum absolute atomic E-state index is 11.4. The van der Waals surface area contributed by atoms with Crippen LogP contribution < -0.4 is 16.0 Å². The zero-order chi connectivity index (χ0) is 13.0. The van der Waals surface area contributed by atoms with E-state index in [1.54, 1.807) is 13.2 Å². The van der Waals surface area contributed by atoms with E-state index in [1.807, 2.05) is 0 Å². The lowest BCUT2D eigenvalue weighted by Gasteiger charge is -2.09. The summed E-state index contributed by atoms with van der Waals surface area (Å²) in [5.74, 6) is 1.69. The van der Waals surface area contributed by atoms with Crippen molar-refractivity contribution in [3.8, 4) is 0 Å². The number of hydrogen-bond acceptors (Lipinski definition) is 5. The summed E-state index contributed by atoms with van der Waals surface area (Å²) in [5.41, 5.74) is 0. The Hall–Kier alpha value is -1.37. The van der Waals surface area contributed by atoms with Crippen LogP contribution in [0.4, 0.5) is 11.8 Å². The van der Waals surface area contributed by atoms with E-state index < -0.39 is 0 Å². The molecule has 0 bridgehead atoms. The largest absolute Gasteiger partial charge is 0.367 e. The van der Waals surface area contributed by atoms with Gasteiger partial charge in [-0.2, -0.15) is 4.98 Å². The maximum atomic E-state index is 11.4. The highest BCUT2D eigenvalue weighted by molar-refractivity contribution is 9.10. The summed E-state index contributed by atoms with van der Waals surface area (Å²) >= 11 is 3.37. The Kier molecular flexibility index (Phi) is 4.35. The molecule has 1 fully saturated rings. The van der Waals surface area contributed by atoms with Gasteiger partial charge in [0.25, 0.3) is 0 Å². The first kappa shape index (κ1) is 13.1. The van der Waals surface area contributed by atoms with Crippen LogP contribution in [-0.2, 0) is 4.79 Å². The predicted octanol–water partition coefficient (Wildman–Crippen LogP) is 1.22. The second kappa shape index (κ2) is 5.99. The third-order valence-corrected chi connectivity index (χ3v) is 3.21. The topological polar surface area (TPSA) is 78.9 Å². The molecule has 0 saturated heterocycles. The number of carbonyl (C=O) groups excluding carboxylic acids is 1. The highest BCUT2D eigenvalue weighted by Crippen LogP contribution is 2.28. The van der Waals surface area contributed by atoms with Gasteiger partial charge in [-0.15, -0.1) is 0 Å². The van der Waals surface area contributed by atoms with Crippen molar-refractivity contribution in [3.63, 3.8) is 0 Å². The van der Waals surface area contributed by atoms with Gasteiger partial charge in [0.1, 0.15) is 5.82 Å². The molecule has 1 amide bonds. The van der Waals surface area contributed by atoms with Gasteiger partial charge in [-0.05, 0) is 28.8 Å². The number of hydrogen-bond donors (Lipinski definition) is 3. The van der Waals surface area contributed by atoms with Gasteiger partial charge in [0, 0.05) is 32.3 Å². The smallest absolute Gasteiger partial charge is 0.224 e. The van der Waals surface area contributed by atoms with Crippen molar-refractivity contribution in [3.05, 3.63) is 10.7 Å². The first-order valence-electron chi connectivity index (χ1n) is 5.92. The second-order valence-electron chi connectivity index (χ2n) is 4.13. The third-order valence-electron chi connectivity index (χ3n) is 2.63. The van der Waals surface area contributed by atoms with Crippen LogP contribution in [-0.4, -0.2) is 36.0 Å². The number of anilines is 2. The minimum absolute atomic E-state index is 0.162. The summed E-state index contributed by atoms with van der Waals surface area (Å²) in [5, 5.41) is 8.91. The lowest BCUT2D eigenvalue weighted by Crippen LogP contribution is -2.30. The Morgan fingerprint density at radius 2 is 2.28 bits per heavy atom. The zero-order valence-electron chi connectivity index (χ0n) is 10.2. The molecule has 0 aromatic carbocycles. The number of amides is 1. The molecule has 1 aliphatic carbocycles. The van der Waals surface area contributed by atoms with Crippen LogP contribution in [0, 0.1) is 5.92 Å². The summed E-state index contributed by atoms with van der Waals surface area (Å²) in [7, 11) is 1.77. The number of aromatic nitrogens is 2. The third kappa shape index (κ3) is 3.56. The minimum atomic E-state index is 0.162. The van der Waals surface area contributed by atoms with E-state index in [-0.39, 0.29) is 11.8 Å². The maximum Gasteiger partial charge on any atom is 0.224 e. The zero-order valence-corrected chi connectivity index (χ0v) is 11.7. The fourth-order valence-electron chi connectivity index (χ4n) is 1.47. The molecule has 7 heteroatoms. The van der Waals surface area contributed by atoms with Gasteiger partial charge in [0.2, 0.25) is 11.9 Å². The average molecular weight is 314 g/mol. The number of nitrogens with one attached hydrogen (secondary N) is 3. The van der Waals surface area contributed by atoms with Crippen molar-refractivity contribution in [2.24, 2.45) is 5.92 Å². The molecule has 1 aromatic rings. The normalized spacial score (nSPS) is 14.1. The van der Waals surface area contributed by atoms with Crippen LogP contribution in [0.25, 0.3) is 0 Å². The number of carbonyl (C=O) groups is 1. The number of halogens is 1. The van der Waals surface area contributed by atoms with E-state index in [0.29, 0.717) is 19.0 Å². The molecule has 0 unspecified atom stereocenters. The van der Waals surface area contributed by atoms with Crippen LogP contribution in [0.3, 0.4) is 0 Å². The fourth-order valence-corrected chi connectivity index (χ4v) is 1.80. The molecule has 98 valence electrons.